The number of aromatic nitrogens is 1. The first kappa shape index (κ1) is 18.9. The van der Waals surface area contributed by atoms with Crippen LogP contribution in [0.2, 0.25) is 0 Å². The fourth-order valence-corrected chi connectivity index (χ4v) is 4.85. The molecular weight excluding hydrogens is 375 g/mol. The highest BCUT2D eigenvalue weighted by atomic mass is 32.2. The van der Waals surface area contributed by atoms with Gasteiger partial charge in [-0.2, -0.15) is 4.31 Å². The summed E-state index contributed by atoms with van der Waals surface area (Å²) in [6, 6.07) is 11.0. The van der Waals surface area contributed by atoms with Gasteiger partial charge in [0.05, 0.1) is 4.90 Å². The third kappa shape index (κ3) is 3.92. The van der Waals surface area contributed by atoms with Gasteiger partial charge in [-0.3, -0.25) is 0 Å². The number of sulfonamides is 1. The van der Waals surface area contributed by atoms with Crippen LogP contribution >= 0.6 is 11.8 Å². The molecule has 0 bridgehead atoms. The van der Waals surface area contributed by atoms with E-state index in [2.05, 4.69) is 4.98 Å². The molecule has 0 N–H and O–H groups in total. The number of hydrogen-bond acceptors (Lipinski definition) is 5. The van der Waals surface area contributed by atoms with E-state index >= 15 is 0 Å². The Hall–Kier alpha value is -1.90. The molecule has 1 aromatic heterocycles. The molecule has 138 valence electrons. The molecule has 3 aromatic rings. The van der Waals surface area contributed by atoms with Crippen molar-refractivity contribution in [3.8, 4) is 0 Å². The van der Waals surface area contributed by atoms with Crippen molar-refractivity contribution < 1.29 is 17.2 Å². The van der Waals surface area contributed by atoms with E-state index in [1.165, 1.54) is 40.3 Å². The monoisotopic (exact) mass is 394 g/mol. The Balaban J connectivity index is 1.83. The van der Waals surface area contributed by atoms with Crippen molar-refractivity contribution >= 4 is 32.9 Å². The summed E-state index contributed by atoms with van der Waals surface area (Å²) in [7, 11) is -3.54. The highest BCUT2D eigenvalue weighted by molar-refractivity contribution is 7.98. The van der Waals surface area contributed by atoms with Gasteiger partial charge in [0.15, 0.2) is 5.58 Å². The summed E-state index contributed by atoms with van der Waals surface area (Å²) in [4.78, 5) is 4.55. The van der Waals surface area contributed by atoms with E-state index in [1.807, 2.05) is 6.07 Å². The Morgan fingerprint density at radius 2 is 1.92 bits per heavy atom. The third-order valence-electron chi connectivity index (χ3n) is 3.93. The van der Waals surface area contributed by atoms with Gasteiger partial charge in [-0.1, -0.05) is 37.7 Å². The lowest BCUT2D eigenvalue weighted by atomic mass is 10.2. The Morgan fingerprint density at radius 1 is 1.15 bits per heavy atom. The summed E-state index contributed by atoms with van der Waals surface area (Å²) in [5, 5.41) is 0.418. The maximum absolute atomic E-state index is 13.2. The van der Waals surface area contributed by atoms with E-state index in [-0.39, 0.29) is 10.7 Å². The number of benzene rings is 2. The first-order valence-corrected chi connectivity index (χ1v) is 10.6. The number of fused-ring (bicyclic) bond motifs is 1. The summed E-state index contributed by atoms with van der Waals surface area (Å²) < 4.78 is 45.5. The van der Waals surface area contributed by atoms with Crippen molar-refractivity contribution in [3.05, 3.63) is 53.8 Å². The van der Waals surface area contributed by atoms with Crippen molar-refractivity contribution in [2.75, 3.05) is 13.1 Å². The van der Waals surface area contributed by atoms with E-state index in [4.69, 9.17) is 4.42 Å². The van der Waals surface area contributed by atoms with Crippen molar-refractivity contribution in [2.45, 2.75) is 29.7 Å². The minimum absolute atomic E-state index is 0.198. The number of halogens is 1. The molecule has 0 radical (unpaired) electrons. The summed E-state index contributed by atoms with van der Waals surface area (Å²) >= 11 is 1.33. The smallest absolute Gasteiger partial charge is 0.257 e. The second-order valence-electron chi connectivity index (χ2n) is 5.62. The molecule has 0 saturated heterocycles. The molecule has 0 aliphatic carbocycles. The first-order valence-electron chi connectivity index (χ1n) is 8.22. The molecular formula is C18H19FN2O3S2. The summed E-state index contributed by atoms with van der Waals surface area (Å²) in [6.07, 6.45) is 0. The summed E-state index contributed by atoms with van der Waals surface area (Å²) in [5.41, 5.74) is 1.83. The van der Waals surface area contributed by atoms with Crippen LogP contribution in [0.4, 0.5) is 4.39 Å². The highest BCUT2D eigenvalue weighted by Gasteiger charge is 2.22. The fraction of sp³-hybridized carbons (Fsp3) is 0.278. The number of nitrogens with zero attached hydrogens (tertiary/aromatic N) is 2. The lowest BCUT2D eigenvalue weighted by Gasteiger charge is -2.18. The number of thioether (sulfide) groups is 1. The van der Waals surface area contributed by atoms with Crippen LogP contribution < -0.4 is 0 Å². The van der Waals surface area contributed by atoms with Gasteiger partial charge < -0.3 is 4.42 Å². The molecule has 26 heavy (non-hydrogen) atoms. The topological polar surface area (TPSA) is 63.4 Å². The van der Waals surface area contributed by atoms with Gasteiger partial charge in [0.25, 0.3) is 5.22 Å². The van der Waals surface area contributed by atoms with Crippen LogP contribution in [-0.4, -0.2) is 30.8 Å². The Labute approximate surface area is 156 Å². The Bertz CT molecular complexity index is 1010. The van der Waals surface area contributed by atoms with Gasteiger partial charge in [-0.05, 0) is 35.9 Å². The lowest BCUT2D eigenvalue weighted by Crippen LogP contribution is -2.30. The lowest BCUT2D eigenvalue weighted by molar-refractivity contribution is 0.445. The Kier molecular flexibility index (Phi) is 5.64. The van der Waals surface area contributed by atoms with Gasteiger partial charge >= 0.3 is 0 Å². The van der Waals surface area contributed by atoms with Crippen molar-refractivity contribution in [3.63, 3.8) is 0 Å². The molecule has 0 atom stereocenters. The van der Waals surface area contributed by atoms with Crippen LogP contribution in [0.25, 0.3) is 11.1 Å². The predicted octanol–water partition coefficient (Wildman–Crippen LogP) is 4.29. The van der Waals surface area contributed by atoms with Crippen LogP contribution in [0.3, 0.4) is 0 Å². The molecule has 0 spiro atoms. The zero-order valence-electron chi connectivity index (χ0n) is 14.5. The van der Waals surface area contributed by atoms with E-state index in [1.54, 1.807) is 26.0 Å². The molecule has 0 fully saturated rings. The highest BCUT2D eigenvalue weighted by Crippen LogP contribution is 2.28. The fourth-order valence-electron chi connectivity index (χ4n) is 2.59. The zero-order valence-corrected chi connectivity index (χ0v) is 16.1. The summed E-state index contributed by atoms with van der Waals surface area (Å²) in [5.74, 6) is 0.224. The van der Waals surface area contributed by atoms with Crippen molar-refractivity contribution in [2.24, 2.45) is 0 Å². The molecule has 2 aromatic carbocycles. The molecule has 8 heteroatoms. The molecule has 0 saturated carbocycles. The SMILES string of the molecule is CCN(CC)S(=O)(=O)c1ccc2oc(SCc3cccc(F)c3)nc2c1. The second-order valence-corrected chi connectivity index (χ2v) is 8.48. The quantitative estimate of drug-likeness (QED) is 0.560. The maximum atomic E-state index is 13.2. The minimum atomic E-state index is -3.54. The maximum Gasteiger partial charge on any atom is 0.257 e. The number of hydrogen-bond donors (Lipinski definition) is 0. The average molecular weight is 394 g/mol. The molecule has 0 amide bonds. The molecule has 0 aliphatic heterocycles. The average Bonchev–Trinajstić information content (AvgIpc) is 3.03. The minimum Gasteiger partial charge on any atom is -0.431 e. The van der Waals surface area contributed by atoms with Crippen LogP contribution in [0, 0.1) is 5.82 Å². The van der Waals surface area contributed by atoms with E-state index < -0.39 is 10.0 Å². The van der Waals surface area contributed by atoms with Crippen LogP contribution in [-0.2, 0) is 15.8 Å². The van der Waals surface area contributed by atoms with Gasteiger partial charge in [-0.15, -0.1) is 0 Å². The van der Waals surface area contributed by atoms with Crippen LogP contribution in [0.5, 0.6) is 0 Å². The van der Waals surface area contributed by atoms with E-state index in [9.17, 15) is 12.8 Å². The largest absolute Gasteiger partial charge is 0.431 e. The van der Waals surface area contributed by atoms with Crippen LogP contribution in [0.1, 0.15) is 19.4 Å². The third-order valence-corrected chi connectivity index (χ3v) is 6.88. The van der Waals surface area contributed by atoms with Gasteiger partial charge in [0.2, 0.25) is 10.0 Å². The van der Waals surface area contributed by atoms with E-state index in [0.29, 0.717) is 35.2 Å². The number of rotatable bonds is 7. The predicted molar refractivity (Wildman–Crippen MR) is 100 cm³/mol. The van der Waals surface area contributed by atoms with E-state index in [0.717, 1.165) is 5.56 Å². The first-order chi connectivity index (χ1) is 12.4. The van der Waals surface area contributed by atoms with Gasteiger partial charge in [0, 0.05) is 18.8 Å². The van der Waals surface area contributed by atoms with Crippen LogP contribution in [0.15, 0.2) is 57.0 Å². The summed E-state index contributed by atoms with van der Waals surface area (Å²) in [6.45, 7) is 4.42. The standard InChI is InChI=1S/C18H19FN2O3S2/c1-3-21(4-2)26(22,23)15-8-9-17-16(11-15)20-18(24-17)25-12-13-6-5-7-14(19)10-13/h5-11H,3-4,12H2,1-2H3. The molecule has 0 unspecified atom stereocenters. The van der Waals surface area contributed by atoms with Crippen molar-refractivity contribution in [1.82, 2.24) is 9.29 Å². The second kappa shape index (κ2) is 7.77. The van der Waals surface area contributed by atoms with Crippen molar-refractivity contribution in [1.29, 1.82) is 0 Å². The normalized spacial score (nSPS) is 12.2. The number of oxazole rings is 1. The molecule has 5 nitrogen and oxygen atoms in total. The zero-order chi connectivity index (χ0) is 18.7. The molecule has 3 rings (SSSR count). The van der Waals surface area contributed by atoms with Gasteiger partial charge in [0.1, 0.15) is 11.3 Å². The van der Waals surface area contributed by atoms with Gasteiger partial charge in [-0.25, -0.2) is 17.8 Å². The Morgan fingerprint density at radius 3 is 2.62 bits per heavy atom. The molecule has 1 heterocycles. The molecule has 0 aliphatic rings.